The van der Waals surface area contributed by atoms with Gasteiger partial charge in [0.2, 0.25) is 5.88 Å². The summed E-state index contributed by atoms with van der Waals surface area (Å²) in [4.78, 5) is 14.9. The van der Waals surface area contributed by atoms with Crippen LogP contribution in [0.4, 0.5) is 21.7 Å². The number of aryl methyl sites for hydroxylation is 1. The smallest absolute Gasteiger partial charge is 0.242 e. The molecular weight excluding hydrogens is 463 g/mol. The van der Waals surface area contributed by atoms with E-state index in [0.717, 1.165) is 31.9 Å². The molecule has 4 aromatic rings. The van der Waals surface area contributed by atoms with Crippen molar-refractivity contribution in [1.82, 2.24) is 24.8 Å². The van der Waals surface area contributed by atoms with E-state index in [1.807, 2.05) is 18.2 Å². The summed E-state index contributed by atoms with van der Waals surface area (Å²) >= 11 is 0. The van der Waals surface area contributed by atoms with E-state index in [-0.39, 0.29) is 23.0 Å². The van der Waals surface area contributed by atoms with Crippen LogP contribution in [0.25, 0.3) is 10.9 Å². The molecule has 1 atom stereocenters. The molecule has 184 valence electrons. The predicted octanol–water partition coefficient (Wildman–Crippen LogP) is 3.60. The minimum absolute atomic E-state index is 0.0164. The fourth-order valence-corrected chi connectivity index (χ4v) is 4.39. The van der Waals surface area contributed by atoms with Gasteiger partial charge in [-0.2, -0.15) is 5.26 Å². The predicted molar refractivity (Wildman–Crippen MR) is 133 cm³/mol. The van der Waals surface area contributed by atoms with Gasteiger partial charge >= 0.3 is 0 Å². The summed E-state index contributed by atoms with van der Waals surface area (Å²) in [6, 6.07) is 10.5. The van der Waals surface area contributed by atoms with Crippen molar-refractivity contribution >= 4 is 28.2 Å². The SMILES string of the molecule is Cc1cc2c(F)c(Oc3ncnc(Nc4ccc(N5CCNCC5)cn4)c3C#N)ccc2n1C(C)O. The summed E-state index contributed by atoms with van der Waals surface area (Å²) in [5.41, 5.74) is 2.27. The van der Waals surface area contributed by atoms with Crippen molar-refractivity contribution in [3.8, 4) is 17.7 Å². The Bertz CT molecular complexity index is 1440. The normalized spacial score (nSPS) is 14.5. The molecule has 0 spiro atoms. The molecule has 0 radical (unpaired) electrons. The quantitative estimate of drug-likeness (QED) is 0.373. The van der Waals surface area contributed by atoms with Crippen LogP contribution in [0.5, 0.6) is 11.6 Å². The molecular formula is C25H25FN8O2. The fraction of sp³-hybridized carbons (Fsp3) is 0.280. The van der Waals surface area contributed by atoms with E-state index in [0.29, 0.717) is 22.4 Å². The zero-order chi connectivity index (χ0) is 25.2. The molecule has 11 heteroatoms. The summed E-state index contributed by atoms with van der Waals surface area (Å²) in [5, 5.41) is 26.5. The monoisotopic (exact) mass is 488 g/mol. The second-order valence-corrected chi connectivity index (χ2v) is 8.48. The van der Waals surface area contributed by atoms with Crippen LogP contribution in [-0.2, 0) is 0 Å². The highest BCUT2D eigenvalue weighted by atomic mass is 19.1. The zero-order valence-corrected chi connectivity index (χ0v) is 19.9. The highest BCUT2D eigenvalue weighted by Crippen LogP contribution is 2.34. The average molecular weight is 489 g/mol. The second-order valence-electron chi connectivity index (χ2n) is 8.48. The number of fused-ring (bicyclic) bond motifs is 1. The van der Waals surface area contributed by atoms with Crippen LogP contribution in [0.1, 0.15) is 24.4 Å². The lowest BCUT2D eigenvalue weighted by atomic mass is 10.2. The molecule has 0 saturated carbocycles. The molecule has 3 aromatic heterocycles. The maximum atomic E-state index is 15.3. The molecule has 36 heavy (non-hydrogen) atoms. The third-order valence-corrected chi connectivity index (χ3v) is 6.10. The van der Waals surface area contributed by atoms with Crippen molar-refractivity contribution in [2.45, 2.75) is 20.1 Å². The molecule has 4 heterocycles. The molecule has 0 amide bonds. The molecule has 1 fully saturated rings. The van der Waals surface area contributed by atoms with Crippen molar-refractivity contribution in [1.29, 1.82) is 5.26 Å². The van der Waals surface area contributed by atoms with E-state index >= 15 is 4.39 Å². The largest absolute Gasteiger partial charge is 0.434 e. The summed E-state index contributed by atoms with van der Waals surface area (Å²) in [6.07, 6.45) is 2.19. The summed E-state index contributed by atoms with van der Waals surface area (Å²) in [6.45, 7) is 7.06. The maximum Gasteiger partial charge on any atom is 0.242 e. The Kier molecular flexibility index (Phi) is 6.37. The Balaban J connectivity index is 1.40. The number of hydrogen-bond donors (Lipinski definition) is 3. The van der Waals surface area contributed by atoms with Crippen molar-refractivity contribution in [2.24, 2.45) is 0 Å². The number of piperazine rings is 1. The number of anilines is 3. The minimum Gasteiger partial charge on any atom is -0.434 e. The van der Waals surface area contributed by atoms with Crippen LogP contribution >= 0.6 is 0 Å². The Morgan fingerprint density at radius 1 is 1.19 bits per heavy atom. The van der Waals surface area contributed by atoms with Crippen molar-refractivity contribution in [3.63, 3.8) is 0 Å². The first-order chi connectivity index (χ1) is 17.5. The Morgan fingerprint density at radius 3 is 2.69 bits per heavy atom. The molecule has 1 aliphatic heterocycles. The summed E-state index contributed by atoms with van der Waals surface area (Å²) < 4.78 is 22.7. The van der Waals surface area contributed by atoms with E-state index in [9.17, 15) is 10.4 Å². The van der Waals surface area contributed by atoms with Crippen LogP contribution in [0.3, 0.4) is 0 Å². The number of rotatable bonds is 6. The maximum absolute atomic E-state index is 15.3. The van der Waals surface area contributed by atoms with Crippen LogP contribution in [0.2, 0.25) is 0 Å². The Morgan fingerprint density at radius 2 is 2.00 bits per heavy atom. The van der Waals surface area contributed by atoms with Gasteiger partial charge in [-0.15, -0.1) is 0 Å². The van der Waals surface area contributed by atoms with Crippen LogP contribution < -0.4 is 20.3 Å². The van der Waals surface area contributed by atoms with Crippen molar-refractivity contribution < 1.29 is 14.2 Å². The molecule has 5 rings (SSSR count). The van der Waals surface area contributed by atoms with Gasteiger partial charge in [-0.25, -0.2) is 19.3 Å². The first-order valence-corrected chi connectivity index (χ1v) is 11.6. The highest BCUT2D eigenvalue weighted by molar-refractivity contribution is 5.84. The van der Waals surface area contributed by atoms with E-state index in [1.165, 1.54) is 12.4 Å². The lowest BCUT2D eigenvalue weighted by molar-refractivity contribution is 0.127. The number of nitriles is 1. The molecule has 1 aliphatic rings. The topological polar surface area (TPSA) is 124 Å². The van der Waals surface area contributed by atoms with E-state index in [4.69, 9.17) is 4.74 Å². The van der Waals surface area contributed by atoms with Gasteiger partial charge in [0.05, 0.1) is 17.4 Å². The number of aromatic nitrogens is 4. The first kappa shape index (κ1) is 23.5. The average Bonchev–Trinajstić information content (AvgIpc) is 3.24. The van der Waals surface area contributed by atoms with E-state index in [1.54, 1.807) is 36.7 Å². The van der Waals surface area contributed by atoms with Crippen LogP contribution in [0, 0.1) is 24.1 Å². The number of benzene rings is 1. The van der Waals surface area contributed by atoms with E-state index in [2.05, 4.69) is 30.5 Å². The number of hydrogen-bond acceptors (Lipinski definition) is 9. The number of aliphatic hydroxyl groups is 1. The van der Waals surface area contributed by atoms with Crippen LogP contribution in [0.15, 0.2) is 42.9 Å². The standard InChI is InChI=1S/C25H25FN8O2/c1-15-11-18-20(34(15)16(2)35)4-5-21(23(18)26)36-25-19(12-27)24(30-14-31-25)32-22-6-3-17(13-29-22)33-9-7-28-8-10-33/h3-6,11,13-14,16,28,35H,7-10H2,1-2H3,(H,29,30,31,32). The Hall–Kier alpha value is -4.27. The van der Waals surface area contributed by atoms with Gasteiger partial charge in [-0.05, 0) is 44.2 Å². The second kappa shape index (κ2) is 9.77. The lowest BCUT2D eigenvalue weighted by Gasteiger charge is -2.29. The lowest BCUT2D eigenvalue weighted by Crippen LogP contribution is -2.43. The van der Waals surface area contributed by atoms with Crippen molar-refractivity contribution in [2.75, 3.05) is 36.4 Å². The van der Waals surface area contributed by atoms with Gasteiger partial charge in [0.15, 0.2) is 22.9 Å². The van der Waals surface area contributed by atoms with Crippen molar-refractivity contribution in [3.05, 3.63) is 59.9 Å². The number of nitrogens with zero attached hydrogens (tertiary/aromatic N) is 6. The molecule has 1 aromatic carbocycles. The molecule has 10 nitrogen and oxygen atoms in total. The van der Waals surface area contributed by atoms with E-state index < -0.39 is 12.0 Å². The van der Waals surface area contributed by atoms with Gasteiger partial charge in [-0.1, -0.05) is 0 Å². The number of pyridine rings is 1. The third kappa shape index (κ3) is 4.39. The van der Waals surface area contributed by atoms with Crippen LogP contribution in [-0.4, -0.2) is 50.8 Å². The summed E-state index contributed by atoms with van der Waals surface area (Å²) in [7, 11) is 0. The third-order valence-electron chi connectivity index (χ3n) is 6.10. The molecule has 0 bridgehead atoms. The van der Waals surface area contributed by atoms with Gasteiger partial charge < -0.3 is 29.9 Å². The molecule has 3 N–H and O–H groups in total. The molecule has 1 saturated heterocycles. The first-order valence-electron chi connectivity index (χ1n) is 11.6. The van der Waals surface area contributed by atoms with Gasteiger partial charge in [0.1, 0.15) is 24.4 Å². The Labute approximate surface area is 207 Å². The molecule has 1 unspecified atom stereocenters. The minimum atomic E-state index is -0.811. The number of aliphatic hydroxyl groups excluding tert-OH is 1. The summed E-state index contributed by atoms with van der Waals surface area (Å²) in [5.74, 6) is -0.0977. The highest BCUT2D eigenvalue weighted by Gasteiger charge is 2.20. The zero-order valence-electron chi connectivity index (χ0n) is 19.9. The number of nitrogens with one attached hydrogen (secondary N) is 2. The van der Waals surface area contributed by atoms with Gasteiger partial charge in [0, 0.05) is 37.3 Å². The van der Waals surface area contributed by atoms with Gasteiger partial charge in [0.25, 0.3) is 0 Å². The number of halogens is 1. The molecule has 0 aliphatic carbocycles. The number of ether oxygens (including phenoxy) is 1. The fourth-order valence-electron chi connectivity index (χ4n) is 4.39. The van der Waals surface area contributed by atoms with Gasteiger partial charge in [-0.3, -0.25) is 0 Å².